The summed E-state index contributed by atoms with van der Waals surface area (Å²) >= 11 is 0. The second kappa shape index (κ2) is 6.41. The fraction of sp³-hybridized carbons (Fsp3) is 0.235. The molecule has 0 aliphatic rings. The number of hydrogen-bond acceptors (Lipinski definition) is 6. The summed E-state index contributed by atoms with van der Waals surface area (Å²) in [6.07, 6.45) is 0. The van der Waals surface area contributed by atoms with Gasteiger partial charge in [-0.3, -0.25) is 9.29 Å². The van der Waals surface area contributed by atoms with Gasteiger partial charge in [0.05, 0.1) is 30.3 Å². The molecule has 0 atom stereocenters. The molecule has 0 fully saturated rings. The zero-order chi connectivity index (χ0) is 19.1. The van der Waals surface area contributed by atoms with Crippen molar-refractivity contribution in [2.45, 2.75) is 11.8 Å². The highest BCUT2D eigenvalue weighted by molar-refractivity contribution is 7.92. The number of oxazole rings is 1. The molecule has 0 aliphatic carbocycles. The molecule has 1 aromatic heterocycles. The zero-order valence-electron chi connectivity index (χ0n) is 14.7. The van der Waals surface area contributed by atoms with Crippen LogP contribution in [-0.2, 0) is 17.1 Å². The molecule has 0 unspecified atom stereocenters. The first-order valence-electron chi connectivity index (χ1n) is 7.62. The van der Waals surface area contributed by atoms with E-state index in [1.54, 1.807) is 38.2 Å². The molecule has 0 saturated heterocycles. The van der Waals surface area contributed by atoms with E-state index >= 15 is 0 Å². The topological polar surface area (TPSA) is 99.8 Å². The minimum atomic E-state index is -3.93. The van der Waals surface area contributed by atoms with Crippen molar-refractivity contribution in [2.75, 3.05) is 18.9 Å². The lowest BCUT2D eigenvalue weighted by Gasteiger charge is -2.14. The van der Waals surface area contributed by atoms with E-state index in [-0.39, 0.29) is 16.2 Å². The van der Waals surface area contributed by atoms with Crippen molar-refractivity contribution in [1.82, 2.24) is 4.57 Å². The number of aryl methyl sites for hydroxylation is 2. The Morgan fingerprint density at radius 3 is 2.50 bits per heavy atom. The number of anilines is 1. The van der Waals surface area contributed by atoms with E-state index in [1.807, 2.05) is 0 Å². The monoisotopic (exact) mass is 378 g/mol. The molecule has 2 aromatic carbocycles. The van der Waals surface area contributed by atoms with Crippen molar-refractivity contribution in [3.63, 3.8) is 0 Å². The maximum Gasteiger partial charge on any atom is 0.419 e. The minimum Gasteiger partial charge on any atom is -0.497 e. The van der Waals surface area contributed by atoms with Crippen LogP contribution in [0.2, 0.25) is 0 Å². The van der Waals surface area contributed by atoms with E-state index in [1.165, 1.54) is 24.9 Å². The van der Waals surface area contributed by atoms with E-state index in [0.717, 1.165) is 0 Å². The normalized spacial score (nSPS) is 11.5. The Hall–Kier alpha value is -2.94. The maximum atomic E-state index is 12.9. The summed E-state index contributed by atoms with van der Waals surface area (Å²) in [6, 6.07) is 7.67. The summed E-state index contributed by atoms with van der Waals surface area (Å²) < 4.78 is 44.9. The standard InChI is InChI=1S/C17H18N2O6S/c1-10-7-13-15(25-17(20)19(13)2)9-16(10)26(21,22)18-12-6-5-11(23-3)8-14(12)24-4/h5-9,18H,1-4H3. The molecular weight excluding hydrogens is 360 g/mol. The van der Waals surface area contributed by atoms with Gasteiger partial charge in [0, 0.05) is 19.2 Å². The van der Waals surface area contributed by atoms with Crippen molar-refractivity contribution < 1.29 is 22.3 Å². The molecule has 138 valence electrons. The Morgan fingerprint density at radius 2 is 1.85 bits per heavy atom. The molecule has 0 spiro atoms. The summed E-state index contributed by atoms with van der Waals surface area (Å²) in [6.45, 7) is 1.65. The van der Waals surface area contributed by atoms with Crippen LogP contribution in [0.15, 0.2) is 44.4 Å². The number of methoxy groups -OCH3 is 2. The van der Waals surface area contributed by atoms with Gasteiger partial charge < -0.3 is 13.9 Å². The van der Waals surface area contributed by atoms with Gasteiger partial charge in [0.25, 0.3) is 10.0 Å². The second-order valence-electron chi connectivity index (χ2n) is 5.68. The van der Waals surface area contributed by atoms with E-state index in [9.17, 15) is 13.2 Å². The number of sulfonamides is 1. The molecule has 3 aromatic rings. The highest BCUT2D eigenvalue weighted by Crippen LogP contribution is 2.32. The minimum absolute atomic E-state index is 0.0113. The molecule has 0 bridgehead atoms. The zero-order valence-corrected chi connectivity index (χ0v) is 15.5. The van der Waals surface area contributed by atoms with Crippen molar-refractivity contribution >= 4 is 26.8 Å². The van der Waals surface area contributed by atoms with Crippen molar-refractivity contribution in [2.24, 2.45) is 7.05 Å². The number of nitrogens with zero attached hydrogens (tertiary/aromatic N) is 1. The van der Waals surface area contributed by atoms with Crippen LogP contribution in [0.25, 0.3) is 11.1 Å². The average molecular weight is 378 g/mol. The van der Waals surface area contributed by atoms with Gasteiger partial charge in [-0.25, -0.2) is 13.2 Å². The van der Waals surface area contributed by atoms with E-state index in [4.69, 9.17) is 13.9 Å². The molecule has 0 aliphatic heterocycles. The predicted octanol–water partition coefficient (Wildman–Crippen LogP) is 2.26. The Labute approximate surface area is 150 Å². The van der Waals surface area contributed by atoms with Gasteiger partial charge in [-0.05, 0) is 30.7 Å². The van der Waals surface area contributed by atoms with Crippen molar-refractivity contribution in [3.05, 3.63) is 46.4 Å². The SMILES string of the molecule is COc1ccc(NS(=O)(=O)c2cc3oc(=O)n(C)c3cc2C)c(OC)c1. The number of fused-ring (bicyclic) bond motifs is 1. The van der Waals surface area contributed by atoms with E-state index in [0.29, 0.717) is 22.6 Å². The van der Waals surface area contributed by atoms with E-state index in [2.05, 4.69) is 4.72 Å². The smallest absolute Gasteiger partial charge is 0.419 e. The quantitative estimate of drug-likeness (QED) is 0.731. The van der Waals surface area contributed by atoms with Crippen LogP contribution >= 0.6 is 0 Å². The number of hydrogen-bond donors (Lipinski definition) is 1. The van der Waals surface area contributed by atoms with Crippen LogP contribution in [-0.4, -0.2) is 27.2 Å². The highest BCUT2D eigenvalue weighted by atomic mass is 32.2. The lowest BCUT2D eigenvalue weighted by Crippen LogP contribution is -2.15. The third kappa shape index (κ3) is 3.01. The molecule has 9 heteroatoms. The Morgan fingerprint density at radius 1 is 1.12 bits per heavy atom. The molecule has 3 rings (SSSR count). The van der Waals surface area contributed by atoms with Gasteiger partial charge in [0.2, 0.25) is 0 Å². The lowest BCUT2D eigenvalue weighted by atomic mass is 10.2. The van der Waals surface area contributed by atoms with Gasteiger partial charge in [0.15, 0.2) is 5.58 Å². The van der Waals surface area contributed by atoms with Crippen LogP contribution in [0.1, 0.15) is 5.56 Å². The first-order valence-corrected chi connectivity index (χ1v) is 9.10. The van der Waals surface area contributed by atoms with Gasteiger partial charge in [-0.1, -0.05) is 0 Å². The molecule has 8 nitrogen and oxygen atoms in total. The number of benzene rings is 2. The van der Waals surface area contributed by atoms with Crippen molar-refractivity contribution in [3.8, 4) is 11.5 Å². The van der Waals surface area contributed by atoms with Crippen LogP contribution in [0, 0.1) is 6.92 Å². The number of rotatable bonds is 5. The number of aromatic nitrogens is 1. The van der Waals surface area contributed by atoms with E-state index < -0.39 is 15.8 Å². The van der Waals surface area contributed by atoms with Gasteiger partial charge in [-0.15, -0.1) is 0 Å². The molecule has 0 amide bonds. The van der Waals surface area contributed by atoms with Crippen LogP contribution in [0.3, 0.4) is 0 Å². The molecule has 1 heterocycles. The van der Waals surface area contributed by atoms with Gasteiger partial charge in [0.1, 0.15) is 11.5 Å². The lowest BCUT2D eigenvalue weighted by molar-refractivity contribution is 0.395. The van der Waals surface area contributed by atoms with Crippen LogP contribution in [0.4, 0.5) is 5.69 Å². The average Bonchev–Trinajstić information content (AvgIpc) is 2.88. The first kappa shape index (κ1) is 17.9. The van der Waals surface area contributed by atoms with Gasteiger partial charge in [-0.2, -0.15) is 0 Å². The molecular formula is C17H18N2O6S. The summed E-state index contributed by atoms with van der Waals surface area (Å²) in [4.78, 5) is 11.7. The fourth-order valence-corrected chi connectivity index (χ4v) is 3.94. The predicted molar refractivity (Wildman–Crippen MR) is 96.5 cm³/mol. The largest absolute Gasteiger partial charge is 0.497 e. The molecule has 0 saturated carbocycles. The third-order valence-corrected chi connectivity index (χ3v) is 5.54. The summed E-state index contributed by atoms with van der Waals surface area (Å²) in [7, 11) is 0.562. The Balaban J connectivity index is 2.07. The molecule has 0 radical (unpaired) electrons. The van der Waals surface area contributed by atoms with Gasteiger partial charge >= 0.3 is 5.76 Å². The summed E-state index contributed by atoms with van der Waals surface area (Å²) in [5.41, 5.74) is 1.47. The summed E-state index contributed by atoms with van der Waals surface area (Å²) in [5, 5.41) is 0. The van der Waals surface area contributed by atoms with Crippen LogP contribution in [0.5, 0.6) is 11.5 Å². The number of ether oxygens (including phenoxy) is 2. The molecule has 1 N–H and O–H groups in total. The number of nitrogens with one attached hydrogen (secondary N) is 1. The highest BCUT2D eigenvalue weighted by Gasteiger charge is 2.22. The molecule has 26 heavy (non-hydrogen) atoms. The Kier molecular flexibility index (Phi) is 4.41. The van der Waals surface area contributed by atoms with Crippen LogP contribution < -0.4 is 20.0 Å². The maximum absolute atomic E-state index is 12.9. The Bertz CT molecular complexity index is 1140. The summed E-state index contributed by atoms with van der Waals surface area (Å²) in [5.74, 6) is 0.296. The third-order valence-electron chi connectivity index (χ3n) is 4.03. The van der Waals surface area contributed by atoms with Crippen molar-refractivity contribution in [1.29, 1.82) is 0 Å². The fourth-order valence-electron chi connectivity index (χ4n) is 2.63. The second-order valence-corrected chi connectivity index (χ2v) is 7.33. The first-order chi connectivity index (χ1) is 12.3.